The molecule has 2 heteroatoms. The van der Waals surface area contributed by atoms with Gasteiger partial charge in [0.05, 0.1) is 0 Å². The van der Waals surface area contributed by atoms with Crippen molar-refractivity contribution in [1.82, 2.24) is 0 Å². The summed E-state index contributed by atoms with van der Waals surface area (Å²) in [5, 5.41) is 0. The Morgan fingerprint density at radius 3 is 1.80 bits per heavy atom. The molecule has 0 nitrogen and oxygen atoms in total. The minimum absolute atomic E-state index is 0.662. The summed E-state index contributed by atoms with van der Waals surface area (Å²) in [6.07, 6.45) is 0. The van der Waals surface area contributed by atoms with E-state index in [0.717, 1.165) is 0 Å². The molecule has 1 rings (SSSR count). The molecule has 0 N–H and O–H groups in total. The second-order valence-corrected chi connectivity index (χ2v) is 10.8. The Hall–Kier alpha value is 1.58. The first-order valence-electron chi connectivity index (χ1n) is 1.65. The van der Waals surface area contributed by atoms with E-state index in [4.69, 9.17) is 0 Å². The SMILES string of the molecule is C1C[Te]C[Te]1. The van der Waals surface area contributed by atoms with Crippen molar-refractivity contribution in [3.8, 4) is 0 Å². The molecular formula is C3H6Te2. The Morgan fingerprint density at radius 2 is 1.60 bits per heavy atom. The summed E-state index contributed by atoms with van der Waals surface area (Å²) in [7, 11) is 0. The van der Waals surface area contributed by atoms with Gasteiger partial charge in [-0.05, 0) is 0 Å². The van der Waals surface area contributed by atoms with Crippen LogP contribution in [-0.4, -0.2) is 41.8 Å². The van der Waals surface area contributed by atoms with Crippen LogP contribution in [-0.2, 0) is 0 Å². The average Bonchev–Trinajstić information content (AvgIpc) is 1.76. The number of hydrogen-bond donors (Lipinski definition) is 0. The molecule has 1 fully saturated rings. The third-order valence-corrected chi connectivity index (χ3v) is 13.2. The summed E-state index contributed by atoms with van der Waals surface area (Å²) in [6, 6.07) is 0. The Balaban J connectivity index is 2.08. The molecule has 1 saturated heterocycles. The standard InChI is InChI=1S/C3H6Te2/c1-2-5-3-4-1/h1-3H2. The van der Waals surface area contributed by atoms with Crippen LogP contribution in [0.15, 0.2) is 0 Å². The second-order valence-electron chi connectivity index (χ2n) is 0.934. The summed E-state index contributed by atoms with van der Waals surface area (Å²) >= 11 is 1.32. The molecule has 0 aliphatic carbocycles. The Labute approximate surface area is 52.9 Å². The van der Waals surface area contributed by atoms with Crippen LogP contribution in [0.4, 0.5) is 0 Å². The van der Waals surface area contributed by atoms with Crippen molar-refractivity contribution in [3.05, 3.63) is 0 Å². The quantitative estimate of drug-likeness (QED) is 0.575. The molecule has 30 valence electrons. The van der Waals surface area contributed by atoms with Crippen molar-refractivity contribution in [2.75, 3.05) is 0 Å². The van der Waals surface area contributed by atoms with Crippen LogP contribution in [0.2, 0.25) is 11.5 Å². The predicted octanol–water partition coefficient (Wildman–Crippen LogP) is 0.621. The zero-order chi connectivity index (χ0) is 3.54. The molecule has 0 bridgehead atoms. The molecule has 1 heterocycles. The molecule has 0 aromatic heterocycles. The fraction of sp³-hybridized carbons (Fsp3) is 1.00. The summed E-state index contributed by atoms with van der Waals surface area (Å²) in [5.74, 6) is 0. The van der Waals surface area contributed by atoms with E-state index in [0.29, 0.717) is 41.8 Å². The van der Waals surface area contributed by atoms with Crippen molar-refractivity contribution >= 4 is 41.8 Å². The van der Waals surface area contributed by atoms with Crippen LogP contribution in [0.5, 0.6) is 0 Å². The number of rotatable bonds is 0. The van der Waals surface area contributed by atoms with E-state index in [9.17, 15) is 0 Å². The number of hydrogen-bond acceptors (Lipinski definition) is 0. The zero-order valence-electron chi connectivity index (χ0n) is 2.94. The molecule has 0 aromatic rings. The van der Waals surface area contributed by atoms with Crippen molar-refractivity contribution in [3.63, 3.8) is 0 Å². The van der Waals surface area contributed by atoms with Gasteiger partial charge in [0.2, 0.25) is 0 Å². The van der Waals surface area contributed by atoms with Crippen molar-refractivity contribution in [1.29, 1.82) is 0 Å². The van der Waals surface area contributed by atoms with Gasteiger partial charge in [-0.3, -0.25) is 0 Å². The molecule has 0 unspecified atom stereocenters. The molecule has 1 aliphatic heterocycles. The van der Waals surface area contributed by atoms with Gasteiger partial charge in [0.15, 0.2) is 0 Å². The van der Waals surface area contributed by atoms with Crippen molar-refractivity contribution in [2.24, 2.45) is 0 Å². The predicted molar refractivity (Wildman–Crippen MR) is 25.9 cm³/mol. The fourth-order valence-electron chi connectivity index (χ4n) is 0.295. The molecule has 0 atom stereocenters. The minimum atomic E-state index is 0.662. The molecule has 0 radical (unpaired) electrons. The van der Waals surface area contributed by atoms with E-state index in [-0.39, 0.29) is 0 Å². The Bertz CT molecular complexity index is 16.5. The van der Waals surface area contributed by atoms with Gasteiger partial charge in [-0.15, -0.1) is 0 Å². The van der Waals surface area contributed by atoms with Crippen LogP contribution in [0, 0.1) is 0 Å². The van der Waals surface area contributed by atoms with E-state index in [2.05, 4.69) is 0 Å². The molecular weight excluding hydrogens is 291 g/mol. The van der Waals surface area contributed by atoms with Gasteiger partial charge in [0.25, 0.3) is 0 Å². The first kappa shape index (κ1) is 4.73. The van der Waals surface area contributed by atoms with Gasteiger partial charge >= 0.3 is 53.3 Å². The van der Waals surface area contributed by atoms with E-state index in [1.807, 2.05) is 0 Å². The molecule has 0 amide bonds. The van der Waals surface area contributed by atoms with Crippen molar-refractivity contribution < 1.29 is 0 Å². The normalized spacial score (nSPS) is 24.0. The van der Waals surface area contributed by atoms with Gasteiger partial charge in [0, 0.05) is 0 Å². The average molecular weight is 297 g/mol. The van der Waals surface area contributed by atoms with Gasteiger partial charge in [0.1, 0.15) is 0 Å². The molecule has 5 heavy (non-hydrogen) atoms. The van der Waals surface area contributed by atoms with Gasteiger partial charge in [-0.2, -0.15) is 0 Å². The van der Waals surface area contributed by atoms with E-state index in [1.54, 1.807) is 11.5 Å². The maximum absolute atomic E-state index is 1.76. The topological polar surface area (TPSA) is 0 Å². The first-order valence-corrected chi connectivity index (χ1v) is 8.25. The van der Waals surface area contributed by atoms with E-state index in [1.165, 1.54) is 0 Å². The molecule has 1 aliphatic rings. The van der Waals surface area contributed by atoms with Crippen LogP contribution in [0.1, 0.15) is 0 Å². The van der Waals surface area contributed by atoms with Crippen LogP contribution in [0.25, 0.3) is 0 Å². The fourth-order valence-corrected chi connectivity index (χ4v) is 13.3. The third-order valence-electron chi connectivity index (χ3n) is 0.539. The van der Waals surface area contributed by atoms with Crippen LogP contribution >= 0.6 is 0 Å². The first-order chi connectivity index (χ1) is 2.50. The van der Waals surface area contributed by atoms with Crippen LogP contribution in [0.3, 0.4) is 0 Å². The molecule has 0 saturated carbocycles. The third kappa shape index (κ3) is 1.65. The van der Waals surface area contributed by atoms with Gasteiger partial charge < -0.3 is 0 Å². The monoisotopic (exact) mass is 302 g/mol. The van der Waals surface area contributed by atoms with Gasteiger partial charge in [-0.1, -0.05) is 0 Å². The summed E-state index contributed by atoms with van der Waals surface area (Å²) in [5.41, 5.74) is 0. The second kappa shape index (κ2) is 2.70. The Morgan fingerprint density at radius 1 is 1.00 bits per heavy atom. The summed E-state index contributed by atoms with van der Waals surface area (Å²) < 4.78 is 5.14. The zero-order valence-corrected chi connectivity index (χ0v) is 7.60. The summed E-state index contributed by atoms with van der Waals surface area (Å²) in [6.45, 7) is 0. The maximum atomic E-state index is 1.76. The molecule has 0 spiro atoms. The van der Waals surface area contributed by atoms with Gasteiger partial charge in [-0.25, -0.2) is 0 Å². The van der Waals surface area contributed by atoms with Crippen LogP contribution < -0.4 is 0 Å². The Kier molecular flexibility index (Phi) is 2.56. The van der Waals surface area contributed by atoms with Crippen molar-refractivity contribution in [2.45, 2.75) is 11.5 Å². The van der Waals surface area contributed by atoms with E-state index >= 15 is 0 Å². The molecule has 0 aromatic carbocycles. The summed E-state index contributed by atoms with van der Waals surface area (Å²) in [4.78, 5) is 0. The van der Waals surface area contributed by atoms with E-state index < -0.39 is 0 Å².